The quantitative estimate of drug-likeness (QED) is 0.607. The number of ether oxygens (including phenoxy) is 1. The van der Waals surface area contributed by atoms with Gasteiger partial charge in [-0.2, -0.15) is 10.4 Å². The highest BCUT2D eigenvalue weighted by atomic mass is 32.2. The minimum Gasteiger partial charge on any atom is -0.461 e. The predicted octanol–water partition coefficient (Wildman–Crippen LogP) is 3.34. The first-order valence-corrected chi connectivity index (χ1v) is 10.6. The maximum atomic E-state index is 12.9. The fourth-order valence-corrected chi connectivity index (χ4v) is 3.79. The summed E-state index contributed by atoms with van der Waals surface area (Å²) in [7, 11) is -4.04. The van der Waals surface area contributed by atoms with Gasteiger partial charge in [-0.05, 0) is 45.0 Å². The number of esters is 1. The molecule has 1 N–H and O–H groups in total. The van der Waals surface area contributed by atoms with Gasteiger partial charge in [-0.15, -0.1) is 0 Å². The number of nitrogens with one attached hydrogen (secondary N) is 1. The lowest BCUT2D eigenvalue weighted by molar-refractivity contribution is 0.0518. The van der Waals surface area contributed by atoms with Gasteiger partial charge < -0.3 is 4.74 Å². The van der Waals surface area contributed by atoms with Crippen LogP contribution < -0.4 is 4.72 Å². The van der Waals surface area contributed by atoms with Gasteiger partial charge in [0.05, 0.1) is 17.2 Å². The van der Waals surface area contributed by atoms with E-state index in [0.717, 1.165) is 11.1 Å². The average molecular weight is 424 g/mol. The molecule has 0 radical (unpaired) electrons. The maximum absolute atomic E-state index is 12.9. The lowest BCUT2D eigenvalue weighted by atomic mass is 10.2. The highest BCUT2D eigenvalue weighted by Crippen LogP contribution is 2.27. The van der Waals surface area contributed by atoms with Crippen LogP contribution in [0.25, 0.3) is 5.69 Å². The van der Waals surface area contributed by atoms with Crippen LogP contribution in [0.4, 0.5) is 5.82 Å². The summed E-state index contributed by atoms with van der Waals surface area (Å²) >= 11 is 0. The van der Waals surface area contributed by atoms with Gasteiger partial charge in [0.25, 0.3) is 10.0 Å². The van der Waals surface area contributed by atoms with Crippen molar-refractivity contribution in [3.05, 3.63) is 70.9 Å². The van der Waals surface area contributed by atoms with E-state index in [0.29, 0.717) is 5.69 Å². The van der Waals surface area contributed by atoms with E-state index in [-0.39, 0.29) is 28.6 Å². The molecule has 0 aliphatic heterocycles. The molecule has 0 spiro atoms. The molecule has 3 aromatic rings. The van der Waals surface area contributed by atoms with Gasteiger partial charge in [0, 0.05) is 0 Å². The maximum Gasteiger partial charge on any atom is 0.360 e. The van der Waals surface area contributed by atoms with Gasteiger partial charge in [-0.1, -0.05) is 35.4 Å². The Hall–Kier alpha value is -3.64. The van der Waals surface area contributed by atoms with Crippen molar-refractivity contribution in [2.45, 2.75) is 25.7 Å². The summed E-state index contributed by atoms with van der Waals surface area (Å²) in [5, 5.41) is 13.9. The fourth-order valence-electron chi connectivity index (χ4n) is 2.74. The van der Waals surface area contributed by atoms with Crippen LogP contribution in [0.3, 0.4) is 0 Å². The molecule has 0 fully saturated rings. The second-order valence-electron chi connectivity index (χ2n) is 6.57. The number of anilines is 1. The predicted molar refractivity (Wildman–Crippen MR) is 111 cm³/mol. The summed E-state index contributed by atoms with van der Waals surface area (Å²) in [6, 6.07) is 15.2. The summed E-state index contributed by atoms with van der Waals surface area (Å²) in [4.78, 5) is 12.3. The van der Waals surface area contributed by atoms with Crippen molar-refractivity contribution >= 4 is 21.8 Å². The molecular formula is C21H20N4O4S. The number of aryl methyl sites for hydroxylation is 2. The number of benzene rings is 2. The van der Waals surface area contributed by atoms with Crippen molar-refractivity contribution in [2.75, 3.05) is 11.3 Å². The van der Waals surface area contributed by atoms with Crippen LogP contribution in [0.2, 0.25) is 0 Å². The number of rotatable bonds is 6. The number of hydrogen-bond acceptors (Lipinski definition) is 6. The Morgan fingerprint density at radius 3 is 2.20 bits per heavy atom. The van der Waals surface area contributed by atoms with E-state index in [2.05, 4.69) is 9.82 Å². The van der Waals surface area contributed by atoms with Crippen molar-refractivity contribution in [1.82, 2.24) is 9.78 Å². The Morgan fingerprint density at radius 2 is 1.67 bits per heavy atom. The van der Waals surface area contributed by atoms with Crippen LogP contribution in [-0.2, 0) is 14.8 Å². The number of hydrogen-bond donors (Lipinski definition) is 1. The van der Waals surface area contributed by atoms with E-state index in [1.807, 2.05) is 32.0 Å². The molecule has 1 aromatic heterocycles. The van der Waals surface area contributed by atoms with E-state index in [1.165, 1.54) is 16.8 Å². The number of nitriles is 1. The van der Waals surface area contributed by atoms with E-state index < -0.39 is 16.0 Å². The standard InChI is InChI=1S/C21H20N4O4S/c1-4-29-21(26)19-18(13-22)20(25(23-19)16-9-5-14(2)6-10-16)24-30(27,28)17-11-7-15(3)8-12-17/h5-12,24H,4H2,1-3H3. The zero-order valence-electron chi connectivity index (χ0n) is 16.7. The number of carbonyl (C=O) groups excluding carboxylic acids is 1. The van der Waals surface area contributed by atoms with Crippen LogP contribution in [0.5, 0.6) is 0 Å². The molecule has 0 bridgehead atoms. The molecule has 30 heavy (non-hydrogen) atoms. The molecule has 0 unspecified atom stereocenters. The molecule has 0 aliphatic rings. The molecule has 0 aliphatic carbocycles. The molecule has 0 saturated heterocycles. The summed E-state index contributed by atoms with van der Waals surface area (Å²) in [5.74, 6) is -0.944. The van der Waals surface area contributed by atoms with Crippen LogP contribution in [0, 0.1) is 25.2 Å². The molecule has 8 nitrogen and oxygen atoms in total. The number of carbonyl (C=O) groups is 1. The minimum atomic E-state index is -4.04. The zero-order chi connectivity index (χ0) is 21.9. The minimum absolute atomic E-state index is 0.0198. The first-order chi connectivity index (χ1) is 14.3. The zero-order valence-corrected chi connectivity index (χ0v) is 17.5. The average Bonchev–Trinajstić information content (AvgIpc) is 3.06. The normalized spacial score (nSPS) is 11.0. The molecule has 0 amide bonds. The first-order valence-electron chi connectivity index (χ1n) is 9.13. The number of aromatic nitrogens is 2. The Bertz CT molecular complexity index is 1220. The second-order valence-corrected chi connectivity index (χ2v) is 8.25. The van der Waals surface area contributed by atoms with Crippen molar-refractivity contribution in [1.29, 1.82) is 5.26 Å². The van der Waals surface area contributed by atoms with E-state index in [4.69, 9.17) is 4.74 Å². The Labute approximate surface area is 174 Å². The van der Waals surface area contributed by atoms with Gasteiger partial charge >= 0.3 is 5.97 Å². The van der Waals surface area contributed by atoms with Crippen molar-refractivity contribution in [3.8, 4) is 11.8 Å². The smallest absolute Gasteiger partial charge is 0.360 e. The Kier molecular flexibility index (Phi) is 5.89. The lowest BCUT2D eigenvalue weighted by Gasteiger charge is -2.11. The summed E-state index contributed by atoms with van der Waals surface area (Å²) in [5.41, 5.74) is 1.89. The first kappa shape index (κ1) is 21.1. The molecule has 1 heterocycles. The largest absolute Gasteiger partial charge is 0.461 e. The van der Waals surface area contributed by atoms with Crippen LogP contribution in [0.15, 0.2) is 53.4 Å². The summed E-state index contributed by atoms with van der Waals surface area (Å²) in [6.07, 6.45) is 0. The highest BCUT2D eigenvalue weighted by Gasteiger charge is 2.28. The number of nitrogens with zero attached hydrogens (tertiary/aromatic N) is 3. The molecule has 2 aromatic carbocycles. The van der Waals surface area contributed by atoms with E-state index >= 15 is 0 Å². The number of sulfonamides is 1. The van der Waals surface area contributed by atoms with Crippen LogP contribution >= 0.6 is 0 Å². The Balaban J connectivity index is 2.17. The Morgan fingerprint density at radius 1 is 1.10 bits per heavy atom. The third kappa shape index (κ3) is 4.18. The topological polar surface area (TPSA) is 114 Å². The molecular weight excluding hydrogens is 404 g/mol. The van der Waals surface area contributed by atoms with Crippen LogP contribution in [0.1, 0.15) is 34.1 Å². The molecule has 0 saturated carbocycles. The van der Waals surface area contributed by atoms with Gasteiger partial charge in [-0.25, -0.2) is 17.9 Å². The molecule has 9 heteroatoms. The highest BCUT2D eigenvalue weighted by molar-refractivity contribution is 7.92. The van der Waals surface area contributed by atoms with Crippen molar-refractivity contribution in [2.24, 2.45) is 0 Å². The fraction of sp³-hybridized carbons (Fsp3) is 0.190. The summed E-state index contributed by atoms with van der Waals surface area (Å²) < 4.78 is 34.5. The molecule has 0 atom stereocenters. The molecule has 3 rings (SSSR count). The lowest BCUT2D eigenvalue weighted by Crippen LogP contribution is -2.16. The third-order valence-corrected chi connectivity index (χ3v) is 5.66. The van der Waals surface area contributed by atoms with Gasteiger partial charge in [0.2, 0.25) is 0 Å². The third-order valence-electron chi connectivity index (χ3n) is 4.31. The van der Waals surface area contributed by atoms with E-state index in [1.54, 1.807) is 31.2 Å². The van der Waals surface area contributed by atoms with Crippen molar-refractivity contribution < 1.29 is 17.9 Å². The monoisotopic (exact) mass is 424 g/mol. The van der Waals surface area contributed by atoms with Crippen molar-refractivity contribution in [3.63, 3.8) is 0 Å². The van der Waals surface area contributed by atoms with Gasteiger partial charge in [0.15, 0.2) is 11.5 Å². The van der Waals surface area contributed by atoms with Crippen LogP contribution in [-0.4, -0.2) is 30.8 Å². The van der Waals surface area contributed by atoms with E-state index in [9.17, 15) is 18.5 Å². The summed E-state index contributed by atoms with van der Waals surface area (Å²) in [6.45, 7) is 5.46. The SMILES string of the molecule is CCOC(=O)c1nn(-c2ccc(C)cc2)c(NS(=O)(=O)c2ccc(C)cc2)c1C#N. The van der Waals surface area contributed by atoms with Gasteiger partial charge in [0.1, 0.15) is 11.6 Å². The van der Waals surface area contributed by atoms with Gasteiger partial charge in [-0.3, -0.25) is 4.72 Å². The molecule has 154 valence electrons. The second kappa shape index (κ2) is 8.39.